The van der Waals surface area contributed by atoms with Crippen molar-refractivity contribution in [3.05, 3.63) is 12.2 Å². The number of alkyl halides is 2. The van der Waals surface area contributed by atoms with Crippen molar-refractivity contribution in [3.8, 4) is 0 Å². The molecule has 0 aliphatic carbocycles. The molecule has 0 atom stereocenters. The zero-order valence-corrected chi connectivity index (χ0v) is 8.00. The predicted octanol–water partition coefficient (Wildman–Crippen LogP) is -0.211. The third kappa shape index (κ3) is 2.23. The lowest BCUT2D eigenvalue weighted by atomic mass is 10.6. The summed E-state index contributed by atoms with van der Waals surface area (Å²) in [4.78, 5) is 3.61. The second-order valence-electron chi connectivity index (χ2n) is 2.49. The molecule has 0 fully saturated rings. The first-order valence-electron chi connectivity index (χ1n) is 3.52. The van der Waals surface area contributed by atoms with Gasteiger partial charge in [-0.3, -0.25) is 5.10 Å². The van der Waals surface area contributed by atoms with Crippen LogP contribution >= 0.6 is 0 Å². The standard InChI is InChI=1S/C5H8F2N4O2S/c1-11(14(12,13)5(6)7)2-4-8-3-9-10-4/h3,5H,2H2,1H3,(H,8,9,10). The van der Waals surface area contributed by atoms with Gasteiger partial charge >= 0.3 is 5.76 Å². The second-order valence-corrected chi connectivity index (χ2v) is 4.50. The second kappa shape index (κ2) is 3.96. The zero-order chi connectivity index (χ0) is 10.8. The maximum absolute atomic E-state index is 12.0. The third-order valence-corrected chi connectivity index (χ3v) is 2.95. The smallest absolute Gasteiger partial charge is 0.262 e. The van der Waals surface area contributed by atoms with Gasteiger partial charge in [-0.15, -0.1) is 0 Å². The molecule has 80 valence electrons. The van der Waals surface area contributed by atoms with Gasteiger partial charge in [-0.1, -0.05) is 0 Å². The molecule has 0 aliphatic rings. The van der Waals surface area contributed by atoms with Crippen molar-refractivity contribution < 1.29 is 17.2 Å². The molecule has 0 saturated carbocycles. The van der Waals surface area contributed by atoms with Crippen LogP contribution in [0.4, 0.5) is 8.78 Å². The molecule has 14 heavy (non-hydrogen) atoms. The molecule has 0 radical (unpaired) electrons. The highest BCUT2D eigenvalue weighted by molar-refractivity contribution is 7.89. The van der Waals surface area contributed by atoms with Crippen molar-refractivity contribution in [1.82, 2.24) is 19.5 Å². The molecule has 0 aliphatic heterocycles. The van der Waals surface area contributed by atoms with Crippen LogP contribution in [-0.2, 0) is 16.6 Å². The van der Waals surface area contributed by atoms with Crippen LogP contribution in [0.1, 0.15) is 5.82 Å². The van der Waals surface area contributed by atoms with E-state index in [1.165, 1.54) is 0 Å². The summed E-state index contributed by atoms with van der Waals surface area (Å²) in [6, 6.07) is 0. The lowest BCUT2D eigenvalue weighted by molar-refractivity contribution is 0.221. The number of sulfonamides is 1. The largest absolute Gasteiger partial charge is 0.350 e. The van der Waals surface area contributed by atoms with E-state index in [-0.39, 0.29) is 12.4 Å². The van der Waals surface area contributed by atoms with Gasteiger partial charge in [-0.05, 0) is 0 Å². The van der Waals surface area contributed by atoms with Crippen LogP contribution in [0.2, 0.25) is 0 Å². The fourth-order valence-corrected chi connectivity index (χ4v) is 1.32. The number of rotatable bonds is 4. The van der Waals surface area contributed by atoms with E-state index in [9.17, 15) is 17.2 Å². The van der Waals surface area contributed by atoms with Crippen molar-refractivity contribution in [3.63, 3.8) is 0 Å². The molecule has 0 spiro atoms. The molecule has 1 heterocycles. The van der Waals surface area contributed by atoms with Crippen LogP contribution in [0.3, 0.4) is 0 Å². The van der Waals surface area contributed by atoms with E-state index in [4.69, 9.17) is 0 Å². The highest BCUT2D eigenvalue weighted by atomic mass is 32.2. The van der Waals surface area contributed by atoms with Gasteiger partial charge in [0, 0.05) is 7.05 Å². The number of H-pyrrole nitrogens is 1. The van der Waals surface area contributed by atoms with E-state index in [2.05, 4.69) is 15.2 Å². The third-order valence-electron chi connectivity index (χ3n) is 1.50. The fraction of sp³-hybridized carbons (Fsp3) is 0.600. The molecular formula is C5H8F2N4O2S. The molecule has 0 aromatic carbocycles. The van der Waals surface area contributed by atoms with Gasteiger partial charge < -0.3 is 0 Å². The lowest BCUT2D eigenvalue weighted by Gasteiger charge is -2.14. The summed E-state index contributed by atoms with van der Waals surface area (Å²) in [5, 5.41) is 5.82. The van der Waals surface area contributed by atoms with Crippen LogP contribution in [0.15, 0.2) is 6.33 Å². The molecule has 0 saturated heterocycles. The van der Waals surface area contributed by atoms with Crippen molar-refractivity contribution in [2.45, 2.75) is 12.3 Å². The number of nitrogens with zero attached hydrogens (tertiary/aromatic N) is 3. The fourth-order valence-electron chi connectivity index (χ4n) is 0.744. The van der Waals surface area contributed by atoms with Gasteiger partial charge in [0.05, 0.1) is 6.54 Å². The summed E-state index contributed by atoms with van der Waals surface area (Å²) < 4.78 is 46.3. The van der Waals surface area contributed by atoms with Crippen molar-refractivity contribution in [2.75, 3.05) is 7.05 Å². The normalized spacial score (nSPS) is 12.6. The first-order valence-corrected chi connectivity index (χ1v) is 5.02. The van der Waals surface area contributed by atoms with Gasteiger partial charge in [-0.25, -0.2) is 13.4 Å². The predicted molar refractivity (Wildman–Crippen MR) is 42.8 cm³/mol. The van der Waals surface area contributed by atoms with Crippen LogP contribution < -0.4 is 0 Å². The van der Waals surface area contributed by atoms with E-state index in [0.717, 1.165) is 13.4 Å². The van der Waals surface area contributed by atoms with E-state index >= 15 is 0 Å². The first kappa shape index (κ1) is 11.0. The maximum atomic E-state index is 12.0. The minimum atomic E-state index is -4.54. The monoisotopic (exact) mass is 226 g/mol. The Balaban J connectivity index is 2.72. The van der Waals surface area contributed by atoms with Crippen LogP contribution in [0, 0.1) is 0 Å². The van der Waals surface area contributed by atoms with Crippen LogP contribution in [0.5, 0.6) is 0 Å². The van der Waals surface area contributed by atoms with Gasteiger partial charge in [0.1, 0.15) is 12.2 Å². The van der Waals surface area contributed by atoms with Gasteiger partial charge in [-0.2, -0.15) is 18.2 Å². The summed E-state index contributed by atoms with van der Waals surface area (Å²) in [6.07, 6.45) is 1.16. The molecule has 0 unspecified atom stereocenters. The van der Waals surface area contributed by atoms with Gasteiger partial charge in [0.25, 0.3) is 10.0 Å². The Morgan fingerprint density at radius 2 is 2.29 bits per heavy atom. The Morgan fingerprint density at radius 1 is 1.64 bits per heavy atom. The Labute approximate surface area is 79.0 Å². The highest BCUT2D eigenvalue weighted by Crippen LogP contribution is 2.11. The number of aromatic nitrogens is 3. The topological polar surface area (TPSA) is 79.0 Å². The summed E-state index contributed by atoms with van der Waals surface area (Å²) in [5.74, 6) is -3.22. The summed E-state index contributed by atoms with van der Waals surface area (Å²) >= 11 is 0. The van der Waals surface area contributed by atoms with Crippen molar-refractivity contribution in [2.24, 2.45) is 0 Å². The zero-order valence-electron chi connectivity index (χ0n) is 7.18. The number of aromatic amines is 1. The SMILES string of the molecule is CN(Cc1ncn[nH]1)S(=O)(=O)C(F)F. The Bertz CT molecular complexity index is 376. The summed E-state index contributed by atoms with van der Waals surface area (Å²) in [6.45, 7) is -0.257. The summed E-state index contributed by atoms with van der Waals surface area (Å²) in [7, 11) is -3.50. The number of nitrogens with one attached hydrogen (secondary N) is 1. The van der Waals surface area contributed by atoms with Crippen LogP contribution in [-0.4, -0.2) is 40.7 Å². The van der Waals surface area contributed by atoms with Gasteiger partial charge in [0.15, 0.2) is 0 Å². The molecular weight excluding hydrogens is 218 g/mol. The minimum Gasteiger partial charge on any atom is -0.262 e. The average Bonchev–Trinajstić information content (AvgIpc) is 2.56. The number of hydrogen-bond acceptors (Lipinski definition) is 4. The van der Waals surface area contributed by atoms with Crippen molar-refractivity contribution >= 4 is 10.0 Å². The highest BCUT2D eigenvalue weighted by Gasteiger charge is 2.29. The molecule has 1 N–H and O–H groups in total. The van der Waals surface area contributed by atoms with E-state index < -0.39 is 15.8 Å². The minimum absolute atomic E-state index is 0.205. The van der Waals surface area contributed by atoms with Gasteiger partial charge in [0.2, 0.25) is 0 Å². The van der Waals surface area contributed by atoms with Crippen molar-refractivity contribution in [1.29, 1.82) is 0 Å². The molecule has 0 amide bonds. The Kier molecular flexibility index (Phi) is 3.11. The van der Waals surface area contributed by atoms with E-state index in [0.29, 0.717) is 4.31 Å². The first-order chi connectivity index (χ1) is 6.44. The number of hydrogen-bond donors (Lipinski definition) is 1. The molecule has 9 heteroatoms. The van der Waals surface area contributed by atoms with E-state index in [1.54, 1.807) is 0 Å². The Morgan fingerprint density at radius 3 is 2.71 bits per heavy atom. The van der Waals surface area contributed by atoms with E-state index in [1.807, 2.05) is 0 Å². The molecule has 0 bridgehead atoms. The van der Waals surface area contributed by atoms with Crippen LogP contribution in [0.25, 0.3) is 0 Å². The molecule has 1 aromatic rings. The Hall–Kier alpha value is -1.09. The molecule has 1 rings (SSSR count). The molecule has 1 aromatic heterocycles. The molecule has 6 nitrogen and oxygen atoms in total. The quantitative estimate of drug-likeness (QED) is 0.770. The number of halogens is 2. The lowest BCUT2D eigenvalue weighted by Crippen LogP contribution is -2.31. The maximum Gasteiger partial charge on any atom is 0.350 e. The summed E-state index contributed by atoms with van der Waals surface area (Å²) in [5.41, 5.74) is 0. The average molecular weight is 226 g/mol.